The van der Waals surface area contributed by atoms with Crippen molar-refractivity contribution in [3.05, 3.63) is 29.2 Å². The van der Waals surface area contributed by atoms with Gasteiger partial charge in [0.25, 0.3) is 11.1 Å². The van der Waals surface area contributed by atoms with Crippen LogP contribution in [0.15, 0.2) is 38.8 Å². The molecule has 0 bridgehead atoms. The van der Waals surface area contributed by atoms with Gasteiger partial charge in [0.2, 0.25) is 0 Å². The number of hydrogen-bond donors (Lipinski definition) is 1. The summed E-state index contributed by atoms with van der Waals surface area (Å²) in [6, 6.07) is 3.82. The van der Waals surface area contributed by atoms with E-state index in [-0.39, 0.29) is 0 Å². The quantitative estimate of drug-likeness (QED) is 0.671. The van der Waals surface area contributed by atoms with Gasteiger partial charge in [-0.1, -0.05) is 23.4 Å². The molecule has 0 aliphatic rings. The first-order chi connectivity index (χ1) is 8.65. The van der Waals surface area contributed by atoms with Crippen molar-refractivity contribution >= 4 is 29.1 Å². The van der Waals surface area contributed by atoms with Crippen molar-refractivity contribution in [2.45, 2.75) is 12.1 Å². The van der Waals surface area contributed by atoms with Crippen LogP contribution in [0.1, 0.15) is 6.92 Å². The summed E-state index contributed by atoms with van der Waals surface area (Å²) in [6.07, 6.45) is 1.17. The van der Waals surface area contributed by atoms with Gasteiger partial charge in [-0.3, -0.25) is 0 Å². The third-order valence-electron chi connectivity index (χ3n) is 1.93. The predicted molar refractivity (Wildman–Crippen MR) is 69.7 cm³/mol. The van der Waals surface area contributed by atoms with Crippen molar-refractivity contribution in [3.8, 4) is 10.8 Å². The molecular formula is C11H10N2O3S2. The lowest BCUT2D eigenvalue weighted by atomic mass is 10.3. The molecule has 0 atom stereocenters. The number of aromatic nitrogens is 2. The monoisotopic (exact) mass is 282 g/mol. The molecule has 0 unspecified atom stereocenters. The normalized spacial score (nSPS) is 11.7. The molecule has 94 valence electrons. The van der Waals surface area contributed by atoms with Gasteiger partial charge >= 0.3 is 5.97 Å². The number of carboxylic acid groups (broad SMARTS) is 1. The topological polar surface area (TPSA) is 76.2 Å². The van der Waals surface area contributed by atoms with E-state index in [1.165, 1.54) is 29.2 Å². The maximum Gasteiger partial charge on any atom is 0.328 e. The fraction of sp³-hybridized carbons (Fsp3) is 0.182. The Morgan fingerprint density at radius 1 is 1.61 bits per heavy atom. The Morgan fingerprint density at radius 2 is 2.44 bits per heavy atom. The predicted octanol–water partition coefficient (Wildman–Crippen LogP) is 2.92. The molecule has 7 heteroatoms. The standard InChI is InChI=1S/C11H10N2O3S2/c1-7(5-9(14)15)6-18-11-13-12-10(16-11)8-3-2-4-17-8/h2-5H,6H2,1H3,(H,14,15). The summed E-state index contributed by atoms with van der Waals surface area (Å²) < 4.78 is 5.46. The molecule has 18 heavy (non-hydrogen) atoms. The molecule has 0 amide bonds. The largest absolute Gasteiger partial charge is 0.478 e. The number of rotatable bonds is 5. The smallest absolute Gasteiger partial charge is 0.328 e. The molecule has 2 heterocycles. The molecule has 0 aromatic carbocycles. The van der Waals surface area contributed by atoms with Crippen LogP contribution in [-0.2, 0) is 4.79 Å². The van der Waals surface area contributed by atoms with Crippen molar-refractivity contribution in [2.75, 3.05) is 5.75 Å². The highest BCUT2D eigenvalue weighted by Gasteiger charge is 2.09. The van der Waals surface area contributed by atoms with E-state index in [4.69, 9.17) is 9.52 Å². The minimum absolute atomic E-state index is 0.441. The lowest BCUT2D eigenvalue weighted by Crippen LogP contribution is -1.91. The van der Waals surface area contributed by atoms with Crippen molar-refractivity contribution in [1.29, 1.82) is 0 Å². The average Bonchev–Trinajstić information content (AvgIpc) is 2.96. The highest BCUT2D eigenvalue weighted by atomic mass is 32.2. The maximum absolute atomic E-state index is 10.4. The van der Waals surface area contributed by atoms with Gasteiger partial charge in [-0.2, -0.15) is 0 Å². The van der Waals surface area contributed by atoms with E-state index in [9.17, 15) is 4.79 Å². The van der Waals surface area contributed by atoms with Crippen LogP contribution in [0.25, 0.3) is 10.8 Å². The van der Waals surface area contributed by atoms with E-state index in [0.29, 0.717) is 16.9 Å². The fourth-order valence-corrected chi connectivity index (χ4v) is 2.51. The molecular weight excluding hydrogens is 272 g/mol. The van der Waals surface area contributed by atoms with E-state index in [1.54, 1.807) is 6.92 Å². The molecule has 0 radical (unpaired) electrons. The first kappa shape index (κ1) is 12.8. The summed E-state index contributed by atoms with van der Waals surface area (Å²) in [7, 11) is 0. The average molecular weight is 282 g/mol. The molecule has 5 nitrogen and oxygen atoms in total. The number of thioether (sulfide) groups is 1. The molecule has 2 aromatic rings. The first-order valence-corrected chi connectivity index (χ1v) is 6.92. The van der Waals surface area contributed by atoms with E-state index in [0.717, 1.165) is 10.5 Å². The Hall–Kier alpha value is -1.60. The molecule has 2 aromatic heterocycles. The molecule has 0 aliphatic carbocycles. The number of aliphatic carboxylic acids is 1. The molecule has 0 saturated carbocycles. The highest BCUT2D eigenvalue weighted by Crippen LogP contribution is 2.27. The third-order valence-corrected chi connectivity index (χ3v) is 3.80. The third kappa shape index (κ3) is 3.44. The van der Waals surface area contributed by atoms with Crippen molar-refractivity contribution < 1.29 is 14.3 Å². The number of hydrogen-bond acceptors (Lipinski definition) is 6. The van der Waals surface area contributed by atoms with Gasteiger partial charge in [0.15, 0.2) is 0 Å². The zero-order valence-corrected chi connectivity index (χ0v) is 11.1. The SMILES string of the molecule is CC(=CC(=O)O)CSc1nnc(-c2cccs2)o1. The van der Waals surface area contributed by atoms with Crippen molar-refractivity contribution in [3.63, 3.8) is 0 Å². The Bertz CT molecular complexity index is 561. The summed E-state index contributed by atoms with van der Waals surface area (Å²) in [5, 5.41) is 18.8. The Morgan fingerprint density at radius 3 is 3.11 bits per heavy atom. The van der Waals surface area contributed by atoms with Crippen LogP contribution in [0.5, 0.6) is 0 Å². The summed E-state index contributed by atoms with van der Waals surface area (Å²) in [5.74, 6) is 0.0588. The van der Waals surface area contributed by atoms with Gasteiger partial charge in [0, 0.05) is 11.8 Å². The van der Waals surface area contributed by atoms with Crippen LogP contribution in [0.2, 0.25) is 0 Å². The van der Waals surface area contributed by atoms with Crippen LogP contribution < -0.4 is 0 Å². The summed E-state index contributed by atoms with van der Waals surface area (Å²) >= 11 is 2.85. The van der Waals surface area contributed by atoms with Gasteiger partial charge in [-0.05, 0) is 18.4 Å². The van der Waals surface area contributed by atoms with Gasteiger partial charge in [0.1, 0.15) is 0 Å². The number of thiophene rings is 1. The second kappa shape index (κ2) is 5.83. The molecule has 0 spiro atoms. The van der Waals surface area contributed by atoms with Gasteiger partial charge in [-0.25, -0.2) is 4.79 Å². The van der Waals surface area contributed by atoms with E-state index >= 15 is 0 Å². The van der Waals surface area contributed by atoms with Crippen molar-refractivity contribution in [1.82, 2.24) is 10.2 Å². The lowest BCUT2D eigenvalue weighted by Gasteiger charge is -1.95. The minimum atomic E-state index is -0.946. The summed E-state index contributed by atoms with van der Waals surface area (Å²) in [6.45, 7) is 1.75. The van der Waals surface area contributed by atoms with Crippen LogP contribution in [0.4, 0.5) is 0 Å². The first-order valence-electron chi connectivity index (χ1n) is 5.05. The van der Waals surface area contributed by atoms with E-state index < -0.39 is 5.97 Å². The molecule has 0 saturated heterocycles. The highest BCUT2D eigenvalue weighted by molar-refractivity contribution is 7.99. The zero-order chi connectivity index (χ0) is 13.0. The molecule has 0 aliphatic heterocycles. The van der Waals surface area contributed by atoms with Gasteiger partial charge in [-0.15, -0.1) is 21.5 Å². The van der Waals surface area contributed by atoms with Crippen LogP contribution in [-0.4, -0.2) is 27.0 Å². The maximum atomic E-state index is 10.4. The van der Waals surface area contributed by atoms with Crippen LogP contribution >= 0.6 is 23.1 Å². The fourth-order valence-electron chi connectivity index (χ4n) is 1.20. The van der Waals surface area contributed by atoms with Crippen LogP contribution in [0, 0.1) is 0 Å². The van der Waals surface area contributed by atoms with Gasteiger partial charge < -0.3 is 9.52 Å². The molecule has 1 N–H and O–H groups in total. The Kier molecular flexibility index (Phi) is 4.16. The second-order valence-electron chi connectivity index (χ2n) is 3.47. The van der Waals surface area contributed by atoms with Crippen LogP contribution in [0.3, 0.4) is 0 Å². The van der Waals surface area contributed by atoms with Gasteiger partial charge in [0.05, 0.1) is 4.88 Å². The van der Waals surface area contributed by atoms with E-state index in [1.807, 2.05) is 17.5 Å². The number of carboxylic acids is 1. The number of carbonyl (C=O) groups is 1. The molecule has 0 fully saturated rings. The summed E-state index contributed by atoms with van der Waals surface area (Å²) in [4.78, 5) is 11.4. The zero-order valence-electron chi connectivity index (χ0n) is 9.49. The Labute approximate surface area is 112 Å². The lowest BCUT2D eigenvalue weighted by molar-refractivity contribution is -0.131. The van der Waals surface area contributed by atoms with E-state index in [2.05, 4.69) is 10.2 Å². The summed E-state index contributed by atoms with van der Waals surface area (Å²) in [5.41, 5.74) is 0.739. The Balaban J connectivity index is 1.97. The second-order valence-corrected chi connectivity index (χ2v) is 5.34. The molecule has 2 rings (SSSR count). The number of nitrogens with zero attached hydrogens (tertiary/aromatic N) is 2. The minimum Gasteiger partial charge on any atom is -0.478 e. The van der Waals surface area contributed by atoms with Crippen molar-refractivity contribution in [2.24, 2.45) is 0 Å².